The molecule has 0 amide bonds. The molecule has 0 saturated carbocycles. The maximum atomic E-state index is 5.51. The third-order valence-electron chi connectivity index (χ3n) is 2.02. The van der Waals surface area contributed by atoms with Crippen molar-refractivity contribution in [2.24, 2.45) is 11.8 Å². The van der Waals surface area contributed by atoms with Crippen LogP contribution in [0.5, 0.6) is 0 Å². The summed E-state index contributed by atoms with van der Waals surface area (Å²) in [5, 5.41) is 0. The smallest absolute Gasteiger partial charge is 0.0700 e. The quantitative estimate of drug-likeness (QED) is 0.481. The second kappa shape index (κ2) is 14.0. The Balaban J connectivity index is 2.95. The van der Waals surface area contributed by atoms with Gasteiger partial charge in [-0.05, 0) is 23.3 Å². The summed E-state index contributed by atoms with van der Waals surface area (Å²) in [5.74, 6) is 6.22. The molecular formula is C14H30O2S2. The fourth-order valence-corrected chi connectivity index (χ4v) is 2.94. The summed E-state index contributed by atoms with van der Waals surface area (Å²) in [7, 11) is 0. The van der Waals surface area contributed by atoms with E-state index in [1.54, 1.807) is 0 Å². The molecule has 0 aliphatic rings. The van der Waals surface area contributed by atoms with Gasteiger partial charge in [0.25, 0.3) is 0 Å². The molecule has 2 nitrogen and oxygen atoms in total. The average Bonchev–Trinajstić information content (AvgIpc) is 2.29. The number of rotatable bonds is 13. The van der Waals surface area contributed by atoms with Crippen LogP contribution in [-0.4, -0.2) is 49.4 Å². The predicted octanol–water partition coefficient (Wildman–Crippen LogP) is 3.80. The molecule has 0 rings (SSSR count). The van der Waals surface area contributed by atoms with E-state index in [9.17, 15) is 0 Å². The molecule has 0 aromatic rings. The lowest BCUT2D eigenvalue weighted by molar-refractivity contribution is 0.0605. The number of ether oxygens (including phenoxy) is 2. The first-order valence-corrected chi connectivity index (χ1v) is 9.24. The van der Waals surface area contributed by atoms with E-state index >= 15 is 0 Å². The Kier molecular flexibility index (Phi) is 14.5. The molecule has 0 aliphatic heterocycles. The second-order valence-corrected chi connectivity index (χ2v) is 7.46. The molecule has 0 heterocycles. The van der Waals surface area contributed by atoms with E-state index < -0.39 is 0 Å². The molecule has 0 atom stereocenters. The van der Waals surface area contributed by atoms with Crippen LogP contribution in [0.25, 0.3) is 0 Å². The first-order valence-electron chi connectivity index (χ1n) is 6.94. The largest absolute Gasteiger partial charge is 0.378 e. The van der Waals surface area contributed by atoms with Gasteiger partial charge in [-0.25, -0.2) is 0 Å². The SMILES string of the molecule is CC(C)CSCCOCCOCCSCC(C)C. The van der Waals surface area contributed by atoms with E-state index in [4.69, 9.17) is 9.47 Å². The lowest BCUT2D eigenvalue weighted by Gasteiger charge is -2.07. The Hall–Kier alpha value is 0.620. The summed E-state index contributed by atoms with van der Waals surface area (Å²) < 4.78 is 11.0. The van der Waals surface area contributed by atoms with Gasteiger partial charge in [0, 0.05) is 11.5 Å². The minimum atomic E-state index is 0.733. The summed E-state index contributed by atoms with van der Waals surface area (Å²) in [4.78, 5) is 0. The molecule has 18 heavy (non-hydrogen) atoms. The van der Waals surface area contributed by atoms with Gasteiger partial charge in [0.1, 0.15) is 0 Å². The molecular weight excluding hydrogens is 264 g/mol. The van der Waals surface area contributed by atoms with Crippen LogP contribution in [0.2, 0.25) is 0 Å². The van der Waals surface area contributed by atoms with Gasteiger partial charge in [0.05, 0.1) is 26.4 Å². The Morgan fingerprint density at radius 3 is 1.39 bits per heavy atom. The molecule has 0 bridgehead atoms. The number of thioether (sulfide) groups is 2. The van der Waals surface area contributed by atoms with Crippen molar-refractivity contribution in [2.45, 2.75) is 27.7 Å². The first kappa shape index (κ1) is 18.6. The van der Waals surface area contributed by atoms with Crippen molar-refractivity contribution >= 4 is 23.5 Å². The first-order chi connectivity index (χ1) is 8.63. The van der Waals surface area contributed by atoms with Crippen molar-refractivity contribution in [3.05, 3.63) is 0 Å². The Labute approximate surface area is 122 Å². The lowest BCUT2D eigenvalue weighted by Crippen LogP contribution is -2.09. The van der Waals surface area contributed by atoms with E-state index in [2.05, 4.69) is 27.7 Å². The van der Waals surface area contributed by atoms with E-state index in [1.165, 1.54) is 11.5 Å². The molecule has 0 aromatic carbocycles. The third-order valence-corrected chi connectivity index (χ3v) is 4.73. The molecule has 0 aromatic heterocycles. The van der Waals surface area contributed by atoms with Crippen molar-refractivity contribution in [1.29, 1.82) is 0 Å². The van der Waals surface area contributed by atoms with E-state index in [0.29, 0.717) is 0 Å². The van der Waals surface area contributed by atoms with Gasteiger partial charge in [-0.3, -0.25) is 0 Å². The normalized spacial score (nSPS) is 11.7. The Morgan fingerprint density at radius 1 is 0.667 bits per heavy atom. The highest BCUT2D eigenvalue weighted by Gasteiger charge is 1.96. The molecule has 0 saturated heterocycles. The van der Waals surface area contributed by atoms with Gasteiger partial charge in [-0.15, -0.1) is 0 Å². The van der Waals surface area contributed by atoms with Crippen LogP contribution < -0.4 is 0 Å². The summed E-state index contributed by atoms with van der Waals surface area (Å²) in [6, 6.07) is 0. The number of hydrogen-bond donors (Lipinski definition) is 0. The standard InChI is InChI=1S/C14H30O2S2/c1-13(2)11-17-9-7-15-5-6-16-8-10-18-12-14(3)4/h13-14H,5-12H2,1-4H3. The highest BCUT2D eigenvalue weighted by Crippen LogP contribution is 2.07. The van der Waals surface area contributed by atoms with Crippen LogP contribution >= 0.6 is 23.5 Å². The topological polar surface area (TPSA) is 18.5 Å². The molecule has 0 unspecified atom stereocenters. The molecule has 0 radical (unpaired) electrons. The molecule has 0 aliphatic carbocycles. The maximum absolute atomic E-state index is 5.51. The van der Waals surface area contributed by atoms with Crippen LogP contribution in [0.1, 0.15) is 27.7 Å². The van der Waals surface area contributed by atoms with Crippen LogP contribution in [0.4, 0.5) is 0 Å². The summed E-state index contributed by atoms with van der Waals surface area (Å²) in [5.41, 5.74) is 0. The van der Waals surface area contributed by atoms with Crippen molar-refractivity contribution in [2.75, 3.05) is 49.4 Å². The summed E-state index contributed by atoms with van der Waals surface area (Å²) in [6.45, 7) is 12.2. The zero-order valence-corrected chi connectivity index (χ0v) is 14.1. The van der Waals surface area contributed by atoms with Crippen molar-refractivity contribution in [3.8, 4) is 0 Å². The minimum Gasteiger partial charge on any atom is -0.378 e. The monoisotopic (exact) mass is 294 g/mol. The fourth-order valence-electron chi connectivity index (χ4n) is 1.20. The molecule has 0 spiro atoms. The van der Waals surface area contributed by atoms with E-state index in [1.807, 2.05) is 23.5 Å². The predicted molar refractivity (Wildman–Crippen MR) is 86.0 cm³/mol. The minimum absolute atomic E-state index is 0.733. The average molecular weight is 295 g/mol. The zero-order valence-electron chi connectivity index (χ0n) is 12.4. The molecule has 4 heteroatoms. The van der Waals surface area contributed by atoms with E-state index in [0.717, 1.165) is 49.8 Å². The van der Waals surface area contributed by atoms with Crippen molar-refractivity contribution in [3.63, 3.8) is 0 Å². The van der Waals surface area contributed by atoms with Crippen LogP contribution in [0.3, 0.4) is 0 Å². The third kappa shape index (κ3) is 16.6. The molecule has 0 N–H and O–H groups in total. The second-order valence-electron chi connectivity index (χ2n) is 5.16. The number of hydrogen-bond acceptors (Lipinski definition) is 4. The summed E-state index contributed by atoms with van der Waals surface area (Å²) >= 11 is 3.94. The van der Waals surface area contributed by atoms with Crippen molar-refractivity contribution in [1.82, 2.24) is 0 Å². The van der Waals surface area contributed by atoms with E-state index in [-0.39, 0.29) is 0 Å². The fraction of sp³-hybridized carbons (Fsp3) is 1.00. The van der Waals surface area contributed by atoms with Gasteiger partial charge >= 0.3 is 0 Å². The van der Waals surface area contributed by atoms with Gasteiger partial charge in [-0.2, -0.15) is 23.5 Å². The highest BCUT2D eigenvalue weighted by atomic mass is 32.2. The van der Waals surface area contributed by atoms with Gasteiger partial charge in [0.15, 0.2) is 0 Å². The Bertz CT molecular complexity index is 146. The molecule has 0 fully saturated rings. The van der Waals surface area contributed by atoms with Gasteiger partial charge < -0.3 is 9.47 Å². The zero-order chi connectivity index (χ0) is 13.6. The maximum Gasteiger partial charge on any atom is 0.0700 e. The molecule has 110 valence electrons. The Morgan fingerprint density at radius 2 is 1.06 bits per heavy atom. The van der Waals surface area contributed by atoms with Crippen LogP contribution in [0.15, 0.2) is 0 Å². The van der Waals surface area contributed by atoms with Crippen LogP contribution in [0, 0.1) is 11.8 Å². The van der Waals surface area contributed by atoms with Gasteiger partial charge in [0.2, 0.25) is 0 Å². The van der Waals surface area contributed by atoms with Crippen LogP contribution in [-0.2, 0) is 9.47 Å². The highest BCUT2D eigenvalue weighted by molar-refractivity contribution is 7.99. The lowest BCUT2D eigenvalue weighted by atomic mass is 10.3. The summed E-state index contributed by atoms with van der Waals surface area (Å²) in [6.07, 6.45) is 0. The van der Waals surface area contributed by atoms with Gasteiger partial charge in [-0.1, -0.05) is 27.7 Å². The van der Waals surface area contributed by atoms with Crippen molar-refractivity contribution < 1.29 is 9.47 Å².